The van der Waals surface area contributed by atoms with Crippen molar-refractivity contribution in [1.29, 1.82) is 5.39 Å². The van der Waals surface area contributed by atoms with Crippen molar-refractivity contribution in [3.05, 3.63) is 40.2 Å². The third kappa shape index (κ3) is 4.66. The van der Waals surface area contributed by atoms with Crippen LogP contribution in [0.3, 0.4) is 0 Å². The van der Waals surface area contributed by atoms with Gasteiger partial charge in [-0.3, -0.25) is 0 Å². The third-order valence-electron chi connectivity index (χ3n) is 2.93. The molecule has 0 spiro atoms. The molecule has 0 aliphatic rings. The van der Waals surface area contributed by atoms with Crippen LogP contribution in [-0.4, -0.2) is 31.9 Å². The van der Waals surface area contributed by atoms with E-state index in [1.807, 2.05) is 12.1 Å². The van der Waals surface area contributed by atoms with Gasteiger partial charge in [0.05, 0.1) is 20.8 Å². The lowest BCUT2D eigenvalue weighted by atomic mass is 10.1. The Bertz CT molecular complexity index is 600. The van der Waals surface area contributed by atoms with Gasteiger partial charge < -0.3 is 19.3 Å². The molecule has 7 heteroatoms. The summed E-state index contributed by atoms with van der Waals surface area (Å²) in [6.45, 7) is 1.37. The van der Waals surface area contributed by atoms with E-state index in [4.69, 9.17) is 24.7 Å². The van der Waals surface area contributed by atoms with Crippen molar-refractivity contribution in [3.63, 3.8) is 0 Å². The molecule has 0 aliphatic carbocycles. The first-order valence-electron chi connectivity index (χ1n) is 6.66. The maximum absolute atomic E-state index is 11.5. The molecule has 0 saturated heterocycles. The quantitative estimate of drug-likeness (QED) is 0.274. The van der Waals surface area contributed by atoms with Crippen LogP contribution in [0.5, 0.6) is 11.5 Å². The van der Waals surface area contributed by atoms with Gasteiger partial charge in [-0.05, 0) is 30.5 Å². The Kier molecular flexibility index (Phi) is 6.70. The molecule has 1 N–H and O–H groups in total. The molecule has 0 aliphatic heterocycles. The first-order chi connectivity index (χ1) is 10.5. The smallest absolute Gasteiger partial charge is 0.504 e. The van der Waals surface area contributed by atoms with Gasteiger partial charge in [-0.15, -0.1) is 0 Å². The lowest BCUT2D eigenvalue weighted by Crippen LogP contribution is -2.09. The SMILES string of the molecule is COc1ccc(CCCOC(=O)/C([N+]#N)=C(/C)O)cc1OC. The van der Waals surface area contributed by atoms with Crippen LogP contribution in [0.25, 0.3) is 4.98 Å². The normalized spacial score (nSPS) is 11.2. The number of methoxy groups -OCH3 is 2. The van der Waals surface area contributed by atoms with Gasteiger partial charge in [-0.2, -0.15) is 0 Å². The monoisotopic (exact) mass is 307 g/mol. The van der Waals surface area contributed by atoms with Crippen LogP contribution in [0.4, 0.5) is 0 Å². The fourth-order valence-corrected chi connectivity index (χ4v) is 1.81. The van der Waals surface area contributed by atoms with Crippen LogP contribution in [0.15, 0.2) is 29.7 Å². The van der Waals surface area contributed by atoms with Crippen molar-refractivity contribution in [2.75, 3.05) is 20.8 Å². The number of aliphatic hydroxyl groups excluding tert-OH is 1. The van der Waals surface area contributed by atoms with E-state index in [2.05, 4.69) is 4.98 Å². The molecule has 0 heterocycles. The molecule has 1 rings (SSSR count). The second kappa shape index (κ2) is 8.52. The maximum Gasteiger partial charge on any atom is 0.504 e. The van der Waals surface area contributed by atoms with Crippen LogP contribution in [0, 0.1) is 5.39 Å². The first kappa shape index (κ1) is 17.3. The summed E-state index contributed by atoms with van der Waals surface area (Å²) in [5.74, 6) is 0.0230. The van der Waals surface area contributed by atoms with E-state index in [0.717, 1.165) is 5.56 Å². The Hall–Kier alpha value is -2.75. The lowest BCUT2D eigenvalue weighted by Gasteiger charge is -2.09. The van der Waals surface area contributed by atoms with E-state index in [1.165, 1.54) is 6.92 Å². The van der Waals surface area contributed by atoms with Crippen LogP contribution >= 0.6 is 0 Å². The number of aryl methyl sites for hydroxylation is 1. The summed E-state index contributed by atoms with van der Waals surface area (Å²) in [6.07, 6.45) is 1.24. The third-order valence-corrected chi connectivity index (χ3v) is 2.93. The molecule has 118 valence electrons. The lowest BCUT2D eigenvalue weighted by molar-refractivity contribution is -0.139. The van der Waals surface area contributed by atoms with Crippen molar-refractivity contribution < 1.29 is 24.1 Å². The van der Waals surface area contributed by atoms with E-state index in [0.29, 0.717) is 24.3 Å². The van der Waals surface area contributed by atoms with Crippen molar-refractivity contribution in [3.8, 4) is 11.5 Å². The zero-order valence-electron chi connectivity index (χ0n) is 12.8. The number of hydrogen-bond acceptors (Lipinski definition) is 6. The average molecular weight is 307 g/mol. The van der Waals surface area contributed by atoms with Crippen molar-refractivity contribution in [2.24, 2.45) is 0 Å². The Morgan fingerprint density at radius 1 is 1.27 bits per heavy atom. The molecular formula is C15H19N2O5+. The number of hydrogen-bond donors (Lipinski definition) is 1. The fraction of sp³-hybridized carbons (Fsp3) is 0.400. The molecular weight excluding hydrogens is 288 g/mol. The molecule has 0 aromatic heterocycles. The van der Waals surface area contributed by atoms with E-state index in [-0.39, 0.29) is 6.61 Å². The number of rotatable bonds is 7. The number of carbonyl (C=O) groups is 1. The molecule has 7 nitrogen and oxygen atoms in total. The number of carbonyl (C=O) groups excluding carboxylic acids is 1. The van der Waals surface area contributed by atoms with Crippen LogP contribution in [-0.2, 0) is 16.0 Å². The van der Waals surface area contributed by atoms with Crippen LogP contribution in [0.1, 0.15) is 18.9 Å². The highest BCUT2D eigenvalue weighted by Crippen LogP contribution is 2.27. The number of benzene rings is 1. The van der Waals surface area contributed by atoms with E-state index in [9.17, 15) is 4.79 Å². The van der Waals surface area contributed by atoms with Gasteiger partial charge in [0, 0.05) is 6.92 Å². The minimum atomic E-state index is -0.866. The second-order valence-corrected chi connectivity index (χ2v) is 4.46. The van der Waals surface area contributed by atoms with Gasteiger partial charge in [-0.25, -0.2) is 4.79 Å². The van der Waals surface area contributed by atoms with E-state index < -0.39 is 17.4 Å². The van der Waals surface area contributed by atoms with Gasteiger partial charge in [0.15, 0.2) is 22.2 Å². The molecule has 0 bridgehead atoms. The highest BCUT2D eigenvalue weighted by Gasteiger charge is 2.28. The summed E-state index contributed by atoms with van der Waals surface area (Å²) in [5, 5.41) is 17.7. The summed E-state index contributed by atoms with van der Waals surface area (Å²) < 4.78 is 15.3. The topological polar surface area (TPSA) is 93.1 Å². The number of ether oxygens (including phenoxy) is 3. The average Bonchev–Trinajstić information content (AvgIpc) is 2.51. The Morgan fingerprint density at radius 3 is 2.50 bits per heavy atom. The Morgan fingerprint density at radius 2 is 1.95 bits per heavy atom. The zero-order chi connectivity index (χ0) is 16.5. The van der Waals surface area contributed by atoms with Crippen molar-refractivity contribution in [2.45, 2.75) is 19.8 Å². The van der Waals surface area contributed by atoms with Crippen molar-refractivity contribution >= 4 is 5.97 Å². The molecule has 0 fully saturated rings. The highest BCUT2D eigenvalue weighted by atomic mass is 16.5. The predicted molar refractivity (Wildman–Crippen MR) is 79.2 cm³/mol. The molecule has 0 atom stereocenters. The van der Waals surface area contributed by atoms with Gasteiger partial charge in [0.25, 0.3) is 0 Å². The highest BCUT2D eigenvalue weighted by molar-refractivity contribution is 5.90. The summed E-state index contributed by atoms with van der Waals surface area (Å²) in [5.41, 5.74) is 0.515. The van der Waals surface area contributed by atoms with Gasteiger partial charge in [0.2, 0.25) is 5.39 Å². The number of esters is 1. The number of aliphatic hydroxyl groups is 1. The number of diazo groups is 1. The summed E-state index contributed by atoms with van der Waals surface area (Å²) in [6, 6.07) is 5.56. The van der Waals surface area contributed by atoms with Crippen molar-refractivity contribution in [1.82, 2.24) is 0 Å². The molecule has 1 aromatic carbocycles. The minimum absolute atomic E-state index is 0.138. The van der Waals surface area contributed by atoms with Gasteiger partial charge >= 0.3 is 11.7 Å². The summed E-state index contributed by atoms with van der Waals surface area (Å²) in [4.78, 5) is 14.2. The molecule has 0 unspecified atom stereocenters. The number of nitrogens with zero attached hydrogens (tertiary/aromatic N) is 2. The number of allylic oxidation sites excluding steroid dienone is 1. The predicted octanol–water partition coefficient (Wildman–Crippen LogP) is 2.82. The molecule has 0 radical (unpaired) electrons. The Labute approximate surface area is 128 Å². The molecule has 0 amide bonds. The molecule has 1 aromatic rings. The standard InChI is InChI=1S/C15H18N2O5/c1-10(18)14(17-16)15(19)22-8-4-5-11-6-7-12(20-2)13(9-11)21-3/h6-7,9H,4-5,8H2,1-3H3/p+1. The van der Waals surface area contributed by atoms with Gasteiger partial charge in [-0.1, -0.05) is 6.07 Å². The van der Waals surface area contributed by atoms with E-state index in [1.54, 1.807) is 20.3 Å². The minimum Gasteiger partial charge on any atom is -0.505 e. The largest absolute Gasteiger partial charge is 0.505 e. The molecule has 0 saturated carbocycles. The Balaban J connectivity index is 2.51. The maximum atomic E-state index is 11.5. The first-order valence-corrected chi connectivity index (χ1v) is 6.66. The van der Waals surface area contributed by atoms with Crippen LogP contribution in [0.2, 0.25) is 0 Å². The zero-order valence-corrected chi connectivity index (χ0v) is 12.8. The second-order valence-electron chi connectivity index (χ2n) is 4.46. The fourth-order valence-electron chi connectivity index (χ4n) is 1.81. The summed E-state index contributed by atoms with van der Waals surface area (Å²) in [7, 11) is 3.13. The molecule has 22 heavy (non-hydrogen) atoms. The van der Waals surface area contributed by atoms with Crippen LogP contribution < -0.4 is 9.47 Å². The van der Waals surface area contributed by atoms with E-state index >= 15 is 0 Å². The summed E-state index contributed by atoms with van der Waals surface area (Å²) >= 11 is 0. The van der Waals surface area contributed by atoms with Gasteiger partial charge in [0.1, 0.15) is 0 Å².